The van der Waals surface area contributed by atoms with Crippen LogP contribution in [0.3, 0.4) is 0 Å². The van der Waals surface area contributed by atoms with E-state index in [-0.39, 0.29) is 0 Å². The van der Waals surface area contributed by atoms with Crippen LogP contribution in [-0.2, 0) is 8.92 Å². The van der Waals surface area contributed by atoms with Crippen molar-refractivity contribution >= 4 is 12.0 Å². The van der Waals surface area contributed by atoms with Crippen LogP contribution in [0.2, 0.25) is 0 Å². The first kappa shape index (κ1) is 7.79. The molecule has 0 saturated heterocycles. The number of ether oxygens (including phenoxy) is 1. The second-order valence-electron chi connectivity index (χ2n) is 2.12. The summed E-state index contributed by atoms with van der Waals surface area (Å²) in [6.45, 7) is 0.798. The van der Waals surface area contributed by atoms with Crippen LogP contribution in [0.5, 0.6) is 0 Å². The van der Waals surface area contributed by atoms with Gasteiger partial charge in [0.05, 0.1) is 18.6 Å². The van der Waals surface area contributed by atoms with Gasteiger partial charge in [-0.1, -0.05) is 0 Å². The van der Waals surface area contributed by atoms with E-state index in [1.165, 1.54) is 18.5 Å². The molecule has 0 spiro atoms. The normalized spacial score (nSPS) is 18.7. The summed E-state index contributed by atoms with van der Waals surface area (Å²) in [6, 6.07) is 0. The van der Waals surface area contributed by atoms with E-state index in [4.69, 9.17) is 8.92 Å². The molecule has 0 aromatic rings. The maximum Gasteiger partial charge on any atom is 0.287 e. The van der Waals surface area contributed by atoms with E-state index in [1.807, 2.05) is 12.3 Å². The minimum atomic E-state index is 0.685. The van der Waals surface area contributed by atoms with Gasteiger partial charge in [-0.25, -0.2) is 0 Å². The zero-order valence-electron chi connectivity index (χ0n) is 6.13. The predicted octanol–water partition coefficient (Wildman–Crippen LogP) is 2.32. The molecule has 0 radical (unpaired) electrons. The van der Waals surface area contributed by atoms with Gasteiger partial charge < -0.3 is 8.92 Å². The fourth-order valence-electron chi connectivity index (χ4n) is 0.838. The molecule has 0 N–H and O–H groups in total. The maximum atomic E-state index is 5.26. The second-order valence-corrected chi connectivity index (χ2v) is 2.62. The first-order valence-corrected chi connectivity index (χ1v) is 4.62. The van der Waals surface area contributed by atoms with E-state index < -0.39 is 0 Å². The summed E-state index contributed by atoms with van der Waals surface area (Å²) < 4.78 is 10.4. The van der Waals surface area contributed by atoms with Crippen molar-refractivity contribution in [2.24, 2.45) is 0 Å². The molecule has 2 nitrogen and oxygen atoms in total. The van der Waals surface area contributed by atoms with E-state index in [9.17, 15) is 0 Å². The summed E-state index contributed by atoms with van der Waals surface area (Å²) in [4.78, 5) is 0. The van der Waals surface area contributed by atoms with Crippen molar-refractivity contribution in [1.29, 1.82) is 0 Å². The van der Waals surface area contributed by atoms with E-state index in [0.717, 1.165) is 19.4 Å². The lowest BCUT2D eigenvalue weighted by Gasteiger charge is -2.04. The molecule has 0 aromatic carbocycles. The molecule has 1 rings (SSSR count). The van der Waals surface area contributed by atoms with Crippen LogP contribution in [0.25, 0.3) is 0 Å². The highest BCUT2D eigenvalue weighted by Crippen LogP contribution is 2.14. The standard InChI is InChI=1S/C7H12O2S/c1-10-9-7-5-3-2-4-6-8-7/h5H,2-4,6H2,1H3. The van der Waals surface area contributed by atoms with Crippen LogP contribution in [0, 0.1) is 0 Å². The van der Waals surface area contributed by atoms with Crippen LogP contribution in [0.15, 0.2) is 12.0 Å². The first-order chi connectivity index (χ1) is 4.93. The maximum absolute atomic E-state index is 5.26. The third kappa shape index (κ3) is 2.52. The van der Waals surface area contributed by atoms with Crippen LogP contribution in [0.1, 0.15) is 19.3 Å². The Kier molecular flexibility index (Phi) is 3.50. The van der Waals surface area contributed by atoms with Gasteiger partial charge >= 0.3 is 0 Å². The molecule has 0 aliphatic carbocycles. The first-order valence-electron chi connectivity index (χ1n) is 3.47. The number of allylic oxidation sites excluding steroid dienone is 1. The summed E-state index contributed by atoms with van der Waals surface area (Å²) in [5, 5.41) is 0. The highest BCUT2D eigenvalue weighted by molar-refractivity contribution is 7.94. The van der Waals surface area contributed by atoms with Crippen LogP contribution < -0.4 is 0 Å². The fraction of sp³-hybridized carbons (Fsp3) is 0.714. The van der Waals surface area contributed by atoms with Gasteiger partial charge in [0.1, 0.15) is 0 Å². The molecule has 10 heavy (non-hydrogen) atoms. The molecule has 1 aliphatic heterocycles. The van der Waals surface area contributed by atoms with Gasteiger partial charge in [-0.2, -0.15) is 0 Å². The molecule has 0 saturated carbocycles. The van der Waals surface area contributed by atoms with Crippen molar-refractivity contribution in [2.45, 2.75) is 19.3 Å². The molecule has 3 heteroatoms. The molecule has 1 aliphatic rings. The summed E-state index contributed by atoms with van der Waals surface area (Å²) in [5.74, 6) is 0.685. The van der Waals surface area contributed by atoms with Gasteiger partial charge in [0, 0.05) is 6.26 Å². The molecule has 0 fully saturated rings. The molecule has 0 unspecified atom stereocenters. The summed E-state index contributed by atoms with van der Waals surface area (Å²) in [7, 11) is 0. The van der Waals surface area contributed by atoms with Gasteiger partial charge in [0.25, 0.3) is 5.95 Å². The van der Waals surface area contributed by atoms with E-state index >= 15 is 0 Å². The predicted molar refractivity (Wildman–Crippen MR) is 42.5 cm³/mol. The van der Waals surface area contributed by atoms with Crippen molar-refractivity contribution in [2.75, 3.05) is 12.9 Å². The number of hydrogen-bond donors (Lipinski definition) is 0. The van der Waals surface area contributed by atoms with Crippen LogP contribution in [-0.4, -0.2) is 12.9 Å². The highest BCUT2D eigenvalue weighted by atomic mass is 32.2. The second kappa shape index (κ2) is 4.50. The van der Waals surface area contributed by atoms with Gasteiger partial charge in [0.2, 0.25) is 0 Å². The number of hydrogen-bond acceptors (Lipinski definition) is 3. The zero-order valence-corrected chi connectivity index (χ0v) is 6.95. The molecule has 1 heterocycles. The Morgan fingerprint density at radius 3 is 3.30 bits per heavy atom. The van der Waals surface area contributed by atoms with Gasteiger partial charge in [-0.3, -0.25) is 0 Å². The van der Waals surface area contributed by atoms with E-state index in [2.05, 4.69) is 0 Å². The Hall–Kier alpha value is -0.310. The Morgan fingerprint density at radius 2 is 2.50 bits per heavy atom. The van der Waals surface area contributed by atoms with E-state index in [1.54, 1.807) is 0 Å². The molecule has 0 amide bonds. The van der Waals surface area contributed by atoms with Gasteiger partial charge in [-0.15, -0.1) is 0 Å². The molecule has 0 aromatic heterocycles. The molecule has 0 bridgehead atoms. The summed E-state index contributed by atoms with van der Waals surface area (Å²) in [6.07, 6.45) is 7.31. The molecule has 58 valence electrons. The van der Waals surface area contributed by atoms with Gasteiger partial charge in [0.15, 0.2) is 0 Å². The lowest BCUT2D eigenvalue weighted by Crippen LogP contribution is -1.92. The smallest absolute Gasteiger partial charge is 0.287 e. The van der Waals surface area contributed by atoms with Crippen molar-refractivity contribution < 1.29 is 8.92 Å². The topological polar surface area (TPSA) is 18.5 Å². The van der Waals surface area contributed by atoms with Crippen LogP contribution in [0.4, 0.5) is 0 Å². The molecular weight excluding hydrogens is 148 g/mol. The largest absolute Gasteiger partial charge is 0.465 e. The third-order valence-corrected chi connectivity index (χ3v) is 1.65. The minimum absolute atomic E-state index is 0.685. The number of rotatable bonds is 2. The lowest BCUT2D eigenvalue weighted by atomic mass is 10.2. The van der Waals surface area contributed by atoms with Gasteiger partial charge in [-0.05, 0) is 25.3 Å². The monoisotopic (exact) mass is 160 g/mol. The SMILES string of the molecule is CSOC1=CCCCCO1. The van der Waals surface area contributed by atoms with E-state index in [0.29, 0.717) is 5.95 Å². The zero-order chi connectivity index (χ0) is 7.23. The average Bonchev–Trinajstić information content (AvgIpc) is 2.17. The molecular formula is C7H12O2S. The summed E-state index contributed by atoms with van der Waals surface area (Å²) >= 11 is 1.32. The Bertz CT molecular complexity index is 123. The highest BCUT2D eigenvalue weighted by Gasteiger charge is 2.02. The Morgan fingerprint density at radius 1 is 1.60 bits per heavy atom. The molecule has 0 atom stereocenters. The lowest BCUT2D eigenvalue weighted by molar-refractivity contribution is 0.122. The van der Waals surface area contributed by atoms with Crippen molar-refractivity contribution in [3.8, 4) is 0 Å². The third-order valence-electron chi connectivity index (χ3n) is 1.32. The van der Waals surface area contributed by atoms with Crippen molar-refractivity contribution in [3.63, 3.8) is 0 Å². The minimum Gasteiger partial charge on any atom is -0.465 e. The fourth-order valence-corrected chi connectivity index (χ4v) is 1.12. The quantitative estimate of drug-likeness (QED) is 0.577. The van der Waals surface area contributed by atoms with Crippen molar-refractivity contribution in [3.05, 3.63) is 12.0 Å². The van der Waals surface area contributed by atoms with Crippen LogP contribution >= 0.6 is 12.0 Å². The summed E-state index contributed by atoms with van der Waals surface area (Å²) in [5.41, 5.74) is 0. The Labute approximate surface area is 65.8 Å². The Balaban J connectivity index is 2.31. The van der Waals surface area contributed by atoms with Crippen molar-refractivity contribution in [1.82, 2.24) is 0 Å². The average molecular weight is 160 g/mol.